The van der Waals surface area contributed by atoms with Gasteiger partial charge in [0.15, 0.2) is 0 Å². The average molecular weight is 637 g/mol. The molecule has 3 heterocycles. The Labute approximate surface area is 261 Å². The van der Waals surface area contributed by atoms with E-state index in [1.54, 1.807) is 30.5 Å². The van der Waals surface area contributed by atoms with Gasteiger partial charge < -0.3 is 9.47 Å². The van der Waals surface area contributed by atoms with Crippen LogP contribution in [0.2, 0.25) is 10.2 Å². The fourth-order valence-corrected chi connectivity index (χ4v) is 7.57. The van der Waals surface area contributed by atoms with Crippen LogP contribution in [0.5, 0.6) is 5.75 Å². The Kier molecular flexibility index (Phi) is 7.46. The number of pyridine rings is 2. The Morgan fingerprint density at radius 2 is 1.86 bits per heavy atom. The second kappa shape index (κ2) is 11.2. The molecule has 0 radical (unpaired) electrons. The summed E-state index contributed by atoms with van der Waals surface area (Å²) in [6.07, 6.45) is 7.14. The lowest BCUT2D eigenvalue weighted by Crippen LogP contribution is -2.36. The number of aromatic nitrogens is 2. The molecule has 2 atom stereocenters. The van der Waals surface area contributed by atoms with Crippen LogP contribution in [-0.2, 0) is 39.9 Å². The quantitative estimate of drug-likeness (QED) is 0.181. The third-order valence-electron chi connectivity index (χ3n) is 8.65. The van der Waals surface area contributed by atoms with Crippen molar-refractivity contribution in [2.75, 3.05) is 6.54 Å². The topological polar surface area (TPSA) is 81.6 Å². The Morgan fingerprint density at radius 1 is 1.05 bits per heavy atom. The highest BCUT2D eigenvalue weighted by Crippen LogP contribution is 2.53. The highest BCUT2D eigenvalue weighted by molar-refractivity contribution is 7.89. The van der Waals surface area contributed by atoms with Gasteiger partial charge in [0.25, 0.3) is 0 Å². The zero-order chi connectivity index (χ0) is 29.8. The Balaban J connectivity index is 1.12. The van der Waals surface area contributed by atoms with E-state index in [2.05, 4.69) is 23.0 Å². The molecule has 7 nitrogen and oxygen atoms in total. The summed E-state index contributed by atoms with van der Waals surface area (Å²) in [7, 11) is -3.77. The van der Waals surface area contributed by atoms with Crippen molar-refractivity contribution in [3.8, 4) is 16.9 Å². The first kappa shape index (κ1) is 28.7. The van der Waals surface area contributed by atoms with E-state index >= 15 is 0 Å². The van der Waals surface area contributed by atoms with E-state index in [9.17, 15) is 8.42 Å². The van der Waals surface area contributed by atoms with Gasteiger partial charge in [-0.1, -0.05) is 54.4 Å². The second-order valence-corrected chi connectivity index (χ2v) is 14.4. The third kappa shape index (κ3) is 5.67. The van der Waals surface area contributed by atoms with Crippen molar-refractivity contribution in [1.29, 1.82) is 0 Å². The maximum absolute atomic E-state index is 13.7. The van der Waals surface area contributed by atoms with E-state index in [1.165, 1.54) is 4.31 Å². The number of benzene rings is 2. The fraction of sp³-hybridized carbons (Fsp3) is 0.333. The molecule has 0 saturated heterocycles. The molecular weight excluding hydrogens is 605 g/mol. The zero-order valence-corrected chi connectivity index (χ0v) is 26.0. The summed E-state index contributed by atoms with van der Waals surface area (Å²) in [5, 5.41) is 0.871. The number of hydrogen-bond acceptors (Lipinski definition) is 6. The van der Waals surface area contributed by atoms with Crippen molar-refractivity contribution in [2.24, 2.45) is 5.92 Å². The molecule has 0 amide bonds. The Bertz CT molecular complexity index is 1810. The number of halogens is 2. The lowest BCUT2D eigenvalue weighted by molar-refractivity contribution is 0.0173. The average Bonchev–Trinajstić information content (AvgIpc) is 3.94. The van der Waals surface area contributed by atoms with Gasteiger partial charge in [-0.2, -0.15) is 4.31 Å². The summed E-state index contributed by atoms with van der Waals surface area (Å²) in [6.45, 7) is 2.94. The molecule has 222 valence electrons. The molecule has 0 spiro atoms. The summed E-state index contributed by atoms with van der Waals surface area (Å²) in [5.41, 5.74) is 4.82. The number of fused-ring (bicyclic) bond motifs is 1. The second-order valence-electron chi connectivity index (χ2n) is 11.7. The molecule has 3 aliphatic rings. The van der Waals surface area contributed by atoms with E-state index in [-0.39, 0.29) is 24.2 Å². The van der Waals surface area contributed by atoms with Crippen molar-refractivity contribution >= 4 is 33.2 Å². The molecule has 2 fully saturated rings. The van der Waals surface area contributed by atoms with Gasteiger partial charge in [0.2, 0.25) is 10.0 Å². The molecular formula is C33H31Cl2N3O4S. The Morgan fingerprint density at radius 3 is 2.65 bits per heavy atom. The zero-order valence-electron chi connectivity index (χ0n) is 23.7. The predicted octanol–water partition coefficient (Wildman–Crippen LogP) is 7.19. The maximum atomic E-state index is 13.7. The summed E-state index contributed by atoms with van der Waals surface area (Å²) in [6, 6.07) is 18.5. The van der Waals surface area contributed by atoms with Gasteiger partial charge >= 0.3 is 0 Å². The van der Waals surface area contributed by atoms with Gasteiger partial charge in [-0.15, -0.1) is 0 Å². The molecule has 2 aliphatic carbocycles. The number of rotatable bonds is 9. The van der Waals surface area contributed by atoms with Crippen molar-refractivity contribution < 1.29 is 17.9 Å². The smallest absolute Gasteiger partial charge is 0.243 e. The lowest BCUT2D eigenvalue weighted by Gasteiger charge is -2.28. The molecule has 4 aromatic rings. The van der Waals surface area contributed by atoms with Crippen molar-refractivity contribution in [3.63, 3.8) is 0 Å². The number of nitrogens with zero attached hydrogens (tertiary/aromatic N) is 3. The third-order valence-corrected chi connectivity index (χ3v) is 11.1. The largest absolute Gasteiger partial charge is 0.489 e. The highest BCUT2D eigenvalue weighted by atomic mass is 35.5. The van der Waals surface area contributed by atoms with Gasteiger partial charge in [0.1, 0.15) is 17.0 Å². The normalized spacial score (nSPS) is 20.8. The van der Waals surface area contributed by atoms with Crippen LogP contribution in [0.25, 0.3) is 11.1 Å². The van der Waals surface area contributed by atoms with Crippen LogP contribution in [0.1, 0.15) is 48.6 Å². The first-order valence-corrected chi connectivity index (χ1v) is 16.7. The molecule has 2 aromatic carbocycles. The van der Waals surface area contributed by atoms with Gasteiger partial charge in [-0.3, -0.25) is 4.98 Å². The van der Waals surface area contributed by atoms with Crippen LogP contribution in [0, 0.1) is 5.92 Å². The first-order chi connectivity index (χ1) is 20.7. The number of ether oxygens (including phenoxy) is 2. The van der Waals surface area contributed by atoms with E-state index in [0.29, 0.717) is 34.6 Å². The molecule has 7 rings (SSSR count). The van der Waals surface area contributed by atoms with Crippen LogP contribution in [0.4, 0.5) is 0 Å². The number of para-hydroxylation sites is 1. The summed E-state index contributed by atoms with van der Waals surface area (Å²) >= 11 is 12.6. The van der Waals surface area contributed by atoms with Crippen molar-refractivity contribution in [3.05, 3.63) is 106 Å². The Hall–Kier alpha value is -3.01. The standard InChI is InChI=1S/C33H31Cl2N3O4S/c1-21-16-31(21)42-30-5-3-2-4-26(30)25-10-14-36-18-27(25)33(12-13-33)41-20-23-17-24(7-8-28(23)34)43(39,40)38-15-11-29-22(19-38)6-9-32(35)37-29/h2-10,14,17-18,21,31H,11-13,15-16,19-20H2,1H3. The molecule has 10 heteroatoms. The van der Waals surface area contributed by atoms with Crippen LogP contribution in [0.3, 0.4) is 0 Å². The van der Waals surface area contributed by atoms with Crippen molar-refractivity contribution in [1.82, 2.24) is 14.3 Å². The van der Waals surface area contributed by atoms with Crippen LogP contribution < -0.4 is 4.74 Å². The van der Waals surface area contributed by atoms with Gasteiger partial charge in [0, 0.05) is 53.7 Å². The fourth-order valence-electron chi connectivity index (χ4n) is 5.76. The van der Waals surface area contributed by atoms with Gasteiger partial charge in [-0.25, -0.2) is 13.4 Å². The number of hydrogen-bond donors (Lipinski definition) is 0. The predicted molar refractivity (Wildman–Crippen MR) is 166 cm³/mol. The minimum atomic E-state index is -3.77. The van der Waals surface area contributed by atoms with Crippen LogP contribution >= 0.6 is 23.2 Å². The lowest BCUT2D eigenvalue weighted by atomic mass is 9.96. The first-order valence-electron chi connectivity index (χ1n) is 14.5. The van der Waals surface area contributed by atoms with Crippen molar-refractivity contribution in [2.45, 2.75) is 62.4 Å². The van der Waals surface area contributed by atoms with Gasteiger partial charge in [-0.05, 0) is 78.3 Å². The van der Waals surface area contributed by atoms with E-state index in [0.717, 1.165) is 53.0 Å². The van der Waals surface area contributed by atoms with Gasteiger partial charge in [0.05, 0.1) is 17.1 Å². The highest BCUT2D eigenvalue weighted by Gasteiger charge is 2.48. The monoisotopic (exact) mass is 635 g/mol. The molecule has 1 aliphatic heterocycles. The molecule has 2 aromatic heterocycles. The summed E-state index contributed by atoms with van der Waals surface area (Å²) in [5.74, 6) is 1.43. The molecule has 2 saturated carbocycles. The molecule has 43 heavy (non-hydrogen) atoms. The molecule has 0 bridgehead atoms. The summed E-state index contributed by atoms with van der Waals surface area (Å²) in [4.78, 5) is 8.98. The van der Waals surface area contributed by atoms with E-state index in [1.807, 2.05) is 36.5 Å². The maximum Gasteiger partial charge on any atom is 0.243 e. The molecule has 2 unspecified atom stereocenters. The minimum absolute atomic E-state index is 0.166. The van der Waals surface area contributed by atoms with Crippen LogP contribution in [0.15, 0.2) is 78.0 Å². The summed E-state index contributed by atoms with van der Waals surface area (Å²) < 4.78 is 41.7. The van der Waals surface area contributed by atoms with E-state index < -0.39 is 15.6 Å². The minimum Gasteiger partial charge on any atom is -0.489 e. The van der Waals surface area contributed by atoms with E-state index in [4.69, 9.17) is 32.7 Å². The SMILES string of the molecule is CC1CC1Oc1ccccc1-c1ccncc1C1(OCc2cc(S(=O)(=O)N3CCc4nc(Cl)ccc4C3)ccc2Cl)CC1. The molecule has 0 N–H and O–H groups in total. The number of sulfonamides is 1. The van der Waals surface area contributed by atoms with Crippen LogP contribution in [-0.4, -0.2) is 35.3 Å².